The number of hydrogen-bond acceptors (Lipinski definition) is 6. The second-order valence-electron chi connectivity index (χ2n) is 7.48. The number of carboxylic acids is 1. The van der Waals surface area contributed by atoms with Crippen LogP contribution in [0.25, 0.3) is 0 Å². The molecule has 0 bridgehead atoms. The van der Waals surface area contributed by atoms with Gasteiger partial charge in [-0.15, -0.1) is 0 Å². The number of carboxylic acid groups (broad SMARTS) is 1. The van der Waals surface area contributed by atoms with Gasteiger partial charge in [0, 0.05) is 45.5 Å². The summed E-state index contributed by atoms with van der Waals surface area (Å²) >= 11 is 0. The third-order valence-electron chi connectivity index (χ3n) is 4.60. The highest BCUT2D eigenvalue weighted by molar-refractivity contribution is 6.01. The van der Waals surface area contributed by atoms with E-state index in [1.165, 1.54) is 7.11 Å². The molecule has 9 heteroatoms. The van der Waals surface area contributed by atoms with Crippen molar-refractivity contribution in [2.75, 3.05) is 63.2 Å². The van der Waals surface area contributed by atoms with Crippen LogP contribution in [0.15, 0.2) is 18.2 Å². The van der Waals surface area contributed by atoms with Crippen LogP contribution < -0.4 is 15.5 Å². The van der Waals surface area contributed by atoms with Crippen molar-refractivity contribution in [1.29, 1.82) is 0 Å². The summed E-state index contributed by atoms with van der Waals surface area (Å²) < 4.78 is 4.76. The van der Waals surface area contributed by atoms with Crippen molar-refractivity contribution >= 4 is 29.2 Å². The Hall–Kier alpha value is -2.65. The van der Waals surface area contributed by atoms with Gasteiger partial charge in [-0.1, -0.05) is 13.8 Å². The van der Waals surface area contributed by atoms with Gasteiger partial charge in [-0.3, -0.25) is 14.5 Å². The zero-order chi connectivity index (χ0) is 21.4. The zero-order valence-electron chi connectivity index (χ0n) is 17.2. The van der Waals surface area contributed by atoms with Crippen molar-refractivity contribution in [3.63, 3.8) is 0 Å². The quantitative estimate of drug-likeness (QED) is 0.558. The van der Waals surface area contributed by atoms with E-state index >= 15 is 0 Å². The molecule has 1 saturated heterocycles. The lowest BCUT2D eigenvalue weighted by atomic mass is 10.1. The molecule has 1 fully saturated rings. The fourth-order valence-corrected chi connectivity index (χ4v) is 3.07. The molecule has 0 aliphatic carbocycles. The second-order valence-corrected chi connectivity index (χ2v) is 7.48. The van der Waals surface area contributed by atoms with Crippen molar-refractivity contribution in [3.05, 3.63) is 23.8 Å². The number of hydrogen-bond donors (Lipinski definition) is 3. The maximum atomic E-state index is 12.0. The summed E-state index contributed by atoms with van der Waals surface area (Å²) in [5.41, 5.74) is 1.04. The number of piperazine rings is 1. The van der Waals surface area contributed by atoms with Gasteiger partial charge in [0.05, 0.1) is 17.8 Å². The number of ether oxygens (including phenoxy) is 1. The Morgan fingerprint density at radius 2 is 1.83 bits per heavy atom. The van der Waals surface area contributed by atoms with Gasteiger partial charge in [0.15, 0.2) is 0 Å². The van der Waals surface area contributed by atoms with E-state index in [2.05, 4.69) is 34.3 Å². The van der Waals surface area contributed by atoms with Gasteiger partial charge in [-0.05, 0) is 24.1 Å². The minimum absolute atomic E-state index is 0.0245. The Bertz CT molecular complexity index is 730. The molecule has 0 radical (unpaired) electrons. The van der Waals surface area contributed by atoms with E-state index < -0.39 is 11.9 Å². The molecule has 1 aliphatic heterocycles. The van der Waals surface area contributed by atoms with Crippen LogP contribution in [0, 0.1) is 5.92 Å². The van der Waals surface area contributed by atoms with Gasteiger partial charge in [-0.25, -0.2) is 4.79 Å². The highest BCUT2D eigenvalue weighted by atomic mass is 16.5. The predicted molar refractivity (Wildman–Crippen MR) is 110 cm³/mol. The van der Waals surface area contributed by atoms with Crippen molar-refractivity contribution in [2.45, 2.75) is 13.8 Å². The first-order valence-corrected chi connectivity index (χ1v) is 9.70. The molecule has 9 nitrogen and oxygen atoms in total. The highest BCUT2D eigenvalue weighted by Crippen LogP contribution is 2.24. The van der Waals surface area contributed by atoms with E-state index in [1.807, 2.05) is 0 Å². The van der Waals surface area contributed by atoms with E-state index in [0.717, 1.165) is 5.69 Å². The van der Waals surface area contributed by atoms with E-state index in [4.69, 9.17) is 4.74 Å². The summed E-state index contributed by atoms with van der Waals surface area (Å²) in [4.78, 5) is 39.5. The summed E-state index contributed by atoms with van der Waals surface area (Å²) in [5.74, 6) is -1.08. The van der Waals surface area contributed by atoms with E-state index in [1.54, 1.807) is 18.2 Å². The van der Waals surface area contributed by atoms with Gasteiger partial charge in [-0.2, -0.15) is 0 Å². The molecule has 2 rings (SSSR count). The molecular weight excluding hydrogens is 376 g/mol. The second kappa shape index (κ2) is 10.8. The molecule has 1 aromatic rings. The Balaban J connectivity index is 1.96. The zero-order valence-corrected chi connectivity index (χ0v) is 17.2. The summed E-state index contributed by atoms with van der Waals surface area (Å²) in [5, 5.41) is 15.0. The number of carbonyl (C=O) groups excluding carboxylic acids is 2. The minimum Gasteiger partial charge on any atom is -0.478 e. The molecule has 1 aliphatic rings. The molecule has 0 atom stereocenters. The Kier molecular flexibility index (Phi) is 8.41. The third-order valence-corrected chi connectivity index (χ3v) is 4.60. The summed E-state index contributed by atoms with van der Waals surface area (Å²) in [6.45, 7) is 7.80. The van der Waals surface area contributed by atoms with Gasteiger partial charge in [0.2, 0.25) is 11.8 Å². The maximum Gasteiger partial charge on any atom is 0.337 e. The van der Waals surface area contributed by atoms with Crippen LogP contribution in [0.4, 0.5) is 11.4 Å². The monoisotopic (exact) mass is 406 g/mol. The number of methoxy groups -OCH3 is 1. The van der Waals surface area contributed by atoms with E-state index in [0.29, 0.717) is 45.2 Å². The van der Waals surface area contributed by atoms with Crippen LogP contribution in [-0.4, -0.2) is 80.8 Å². The molecule has 3 N–H and O–H groups in total. The van der Waals surface area contributed by atoms with Crippen molar-refractivity contribution in [1.82, 2.24) is 10.2 Å². The smallest absolute Gasteiger partial charge is 0.337 e. The SMILES string of the molecule is COCC(=O)Nc1ccc(N2CCN(CC(=O)NCC(C)C)CC2)cc1C(=O)O. The van der Waals surface area contributed by atoms with Crippen LogP contribution in [0.1, 0.15) is 24.2 Å². The average molecular weight is 406 g/mol. The number of carbonyl (C=O) groups is 3. The first-order chi connectivity index (χ1) is 13.8. The lowest BCUT2D eigenvalue weighted by Gasteiger charge is -2.36. The number of nitrogens with one attached hydrogen (secondary N) is 2. The number of amides is 2. The molecule has 0 spiro atoms. The van der Waals surface area contributed by atoms with Crippen molar-refractivity contribution < 1.29 is 24.2 Å². The van der Waals surface area contributed by atoms with Crippen molar-refractivity contribution in [3.8, 4) is 0 Å². The number of aromatic carboxylic acids is 1. The topological polar surface area (TPSA) is 111 Å². The van der Waals surface area contributed by atoms with Crippen LogP contribution in [-0.2, 0) is 14.3 Å². The fourth-order valence-electron chi connectivity index (χ4n) is 3.07. The first kappa shape index (κ1) is 22.6. The lowest BCUT2D eigenvalue weighted by Crippen LogP contribution is -2.49. The van der Waals surface area contributed by atoms with Crippen molar-refractivity contribution in [2.24, 2.45) is 5.92 Å². The molecule has 0 saturated carbocycles. The highest BCUT2D eigenvalue weighted by Gasteiger charge is 2.21. The number of rotatable bonds is 9. The molecule has 0 unspecified atom stereocenters. The van der Waals surface area contributed by atoms with Gasteiger partial charge in [0.25, 0.3) is 0 Å². The van der Waals surface area contributed by atoms with E-state index in [-0.39, 0.29) is 23.8 Å². The molecule has 1 heterocycles. The average Bonchev–Trinajstić information content (AvgIpc) is 2.67. The largest absolute Gasteiger partial charge is 0.478 e. The van der Waals surface area contributed by atoms with Crippen LogP contribution in [0.2, 0.25) is 0 Å². The number of anilines is 2. The molecule has 1 aromatic carbocycles. The van der Waals surface area contributed by atoms with E-state index in [9.17, 15) is 19.5 Å². The summed E-state index contributed by atoms with van der Waals surface area (Å²) in [6.07, 6.45) is 0. The number of benzene rings is 1. The normalized spacial score (nSPS) is 14.7. The maximum absolute atomic E-state index is 12.0. The molecule has 160 valence electrons. The first-order valence-electron chi connectivity index (χ1n) is 9.70. The van der Waals surface area contributed by atoms with Gasteiger partial charge in [0.1, 0.15) is 6.61 Å². The third kappa shape index (κ3) is 7.03. The minimum atomic E-state index is -1.11. The molecule has 2 amide bonds. The van der Waals surface area contributed by atoms with Crippen LogP contribution >= 0.6 is 0 Å². The molecule has 0 aromatic heterocycles. The number of nitrogens with zero attached hydrogens (tertiary/aromatic N) is 2. The Morgan fingerprint density at radius 1 is 1.14 bits per heavy atom. The van der Waals surface area contributed by atoms with Crippen LogP contribution in [0.3, 0.4) is 0 Å². The Labute approximate surface area is 171 Å². The standard InChI is InChI=1S/C20H30N4O5/c1-14(2)11-21-18(25)12-23-6-8-24(9-7-23)15-4-5-17(16(10-15)20(27)28)22-19(26)13-29-3/h4-5,10,14H,6-9,11-13H2,1-3H3,(H,21,25)(H,22,26)(H,27,28). The predicted octanol–water partition coefficient (Wildman–Crippen LogP) is 0.864. The lowest BCUT2D eigenvalue weighted by molar-refractivity contribution is -0.122. The fraction of sp³-hybridized carbons (Fsp3) is 0.550. The van der Waals surface area contributed by atoms with Crippen LogP contribution in [0.5, 0.6) is 0 Å². The molecular formula is C20H30N4O5. The Morgan fingerprint density at radius 3 is 2.41 bits per heavy atom. The summed E-state index contributed by atoms with van der Waals surface area (Å²) in [6, 6.07) is 4.95. The molecule has 29 heavy (non-hydrogen) atoms. The van der Waals surface area contributed by atoms with Gasteiger partial charge < -0.3 is 25.4 Å². The summed E-state index contributed by atoms with van der Waals surface area (Å²) in [7, 11) is 1.40. The van der Waals surface area contributed by atoms with Gasteiger partial charge >= 0.3 is 5.97 Å².